The summed E-state index contributed by atoms with van der Waals surface area (Å²) in [5, 5.41) is 5.02. The number of rotatable bonds is 1. The second-order valence-electron chi connectivity index (χ2n) is 5.01. The topological polar surface area (TPSA) is 44.7 Å². The van der Waals surface area contributed by atoms with Gasteiger partial charge in [0.25, 0.3) is 0 Å². The van der Waals surface area contributed by atoms with Crippen molar-refractivity contribution in [3.05, 3.63) is 42.5 Å². The molecule has 0 saturated carbocycles. The number of nitrogens with one attached hydrogen (secondary N) is 1. The van der Waals surface area contributed by atoms with Gasteiger partial charge in [0.2, 0.25) is 0 Å². The van der Waals surface area contributed by atoms with E-state index in [4.69, 9.17) is 0 Å². The lowest BCUT2D eigenvalue weighted by Crippen LogP contribution is -2.21. The Morgan fingerprint density at radius 3 is 2.80 bits per heavy atom. The van der Waals surface area contributed by atoms with Gasteiger partial charge in [-0.1, -0.05) is 36.4 Å². The molecule has 1 N–H and O–H groups in total. The molecule has 4 nitrogen and oxygen atoms in total. The number of urea groups is 1. The quantitative estimate of drug-likeness (QED) is 0.859. The molecule has 102 valence electrons. The van der Waals surface area contributed by atoms with Crippen LogP contribution in [0.25, 0.3) is 10.8 Å². The van der Waals surface area contributed by atoms with Crippen molar-refractivity contribution >= 4 is 28.3 Å². The van der Waals surface area contributed by atoms with Crippen molar-refractivity contribution in [1.82, 2.24) is 4.90 Å². The first-order valence-corrected chi connectivity index (χ1v) is 6.81. The number of nitrogens with zero attached hydrogens (tertiary/aromatic N) is 2. The van der Waals surface area contributed by atoms with Gasteiger partial charge < -0.3 is 10.2 Å². The molecule has 2 amide bonds. The number of hydrogen-bond acceptors (Lipinski definition) is 1. The summed E-state index contributed by atoms with van der Waals surface area (Å²) in [5.74, 6) is 0.864. The van der Waals surface area contributed by atoms with Crippen molar-refractivity contribution in [2.45, 2.75) is 12.8 Å². The lowest BCUT2D eigenvalue weighted by molar-refractivity contribution is 0.259. The smallest absolute Gasteiger partial charge is 0.347 e. The number of carbonyl (C=O) groups is 1. The van der Waals surface area contributed by atoms with E-state index in [0.717, 1.165) is 41.7 Å². The van der Waals surface area contributed by atoms with Crippen LogP contribution in [-0.2, 0) is 0 Å². The van der Waals surface area contributed by atoms with Crippen LogP contribution in [0.4, 0.5) is 10.5 Å². The number of amidine groups is 1. The standard InChI is InChI=1S/C16H17N3O/c1-19-11-5-10-15(19)18-16(20)17-14-9-4-7-12-6-2-3-8-13(12)14/h2-4,6-9H,5,10-11H2,1H3,(H,17,20)/b18-15-. The van der Waals surface area contributed by atoms with Gasteiger partial charge in [0.05, 0.1) is 5.69 Å². The highest BCUT2D eigenvalue weighted by Crippen LogP contribution is 2.23. The molecule has 0 aliphatic carbocycles. The van der Waals surface area contributed by atoms with Gasteiger partial charge in [-0.25, -0.2) is 4.79 Å². The molecule has 2 aromatic rings. The highest BCUT2D eigenvalue weighted by Gasteiger charge is 2.15. The van der Waals surface area contributed by atoms with Gasteiger partial charge in [0.15, 0.2) is 0 Å². The third kappa shape index (κ3) is 2.50. The van der Waals surface area contributed by atoms with Crippen molar-refractivity contribution in [1.29, 1.82) is 0 Å². The molecule has 1 saturated heterocycles. The molecule has 0 bridgehead atoms. The van der Waals surface area contributed by atoms with E-state index in [1.54, 1.807) is 0 Å². The maximum Gasteiger partial charge on any atom is 0.347 e. The number of carbonyl (C=O) groups excluding carboxylic acids is 1. The molecule has 1 heterocycles. The van der Waals surface area contributed by atoms with E-state index in [0.29, 0.717) is 0 Å². The van der Waals surface area contributed by atoms with Crippen molar-refractivity contribution in [2.75, 3.05) is 18.9 Å². The van der Waals surface area contributed by atoms with Crippen LogP contribution < -0.4 is 5.32 Å². The Hall–Kier alpha value is -2.36. The van der Waals surface area contributed by atoms with Crippen LogP contribution in [0.5, 0.6) is 0 Å². The second-order valence-corrected chi connectivity index (χ2v) is 5.01. The van der Waals surface area contributed by atoms with Gasteiger partial charge >= 0.3 is 6.03 Å². The van der Waals surface area contributed by atoms with Crippen molar-refractivity contribution in [3.63, 3.8) is 0 Å². The summed E-state index contributed by atoms with van der Waals surface area (Å²) in [4.78, 5) is 18.2. The van der Waals surface area contributed by atoms with Gasteiger partial charge in [-0.2, -0.15) is 4.99 Å². The van der Waals surface area contributed by atoms with Crippen molar-refractivity contribution < 1.29 is 4.79 Å². The minimum atomic E-state index is -0.301. The van der Waals surface area contributed by atoms with E-state index in [-0.39, 0.29) is 6.03 Å². The summed E-state index contributed by atoms with van der Waals surface area (Å²) in [5.41, 5.74) is 0.804. The molecule has 0 spiro atoms. The minimum absolute atomic E-state index is 0.301. The monoisotopic (exact) mass is 267 g/mol. The summed E-state index contributed by atoms with van der Waals surface area (Å²) < 4.78 is 0. The number of anilines is 1. The van der Waals surface area contributed by atoms with Crippen LogP contribution in [0.3, 0.4) is 0 Å². The molecule has 4 heteroatoms. The predicted molar refractivity (Wildman–Crippen MR) is 82.3 cm³/mol. The summed E-state index contributed by atoms with van der Waals surface area (Å²) in [7, 11) is 1.97. The highest BCUT2D eigenvalue weighted by atomic mass is 16.2. The number of fused-ring (bicyclic) bond motifs is 1. The van der Waals surface area contributed by atoms with E-state index in [9.17, 15) is 4.79 Å². The Kier molecular flexibility index (Phi) is 3.37. The highest BCUT2D eigenvalue weighted by molar-refractivity contribution is 6.05. The van der Waals surface area contributed by atoms with E-state index >= 15 is 0 Å². The Labute approximate surface area is 118 Å². The number of likely N-dealkylation sites (tertiary alicyclic amines) is 1. The largest absolute Gasteiger partial charge is 0.363 e. The van der Waals surface area contributed by atoms with Crippen LogP contribution in [-0.4, -0.2) is 30.4 Å². The summed E-state index contributed by atoms with van der Waals surface area (Å²) >= 11 is 0. The molecule has 2 aromatic carbocycles. The molecule has 1 aliphatic heterocycles. The zero-order valence-electron chi connectivity index (χ0n) is 11.5. The van der Waals surface area contributed by atoms with Crippen LogP contribution in [0.2, 0.25) is 0 Å². The average molecular weight is 267 g/mol. The van der Waals surface area contributed by atoms with Gasteiger partial charge in [0, 0.05) is 25.4 Å². The normalized spacial score (nSPS) is 16.9. The van der Waals surface area contributed by atoms with Crippen LogP contribution in [0.1, 0.15) is 12.8 Å². The van der Waals surface area contributed by atoms with Gasteiger partial charge in [-0.15, -0.1) is 0 Å². The van der Waals surface area contributed by atoms with Gasteiger partial charge in [-0.05, 0) is 17.9 Å². The summed E-state index contributed by atoms with van der Waals surface area (Å²) in [6.45, 7) is 0.973. The minimum Gasteiger partial charge on any atom is -0.363 e. The first-order valence-electron chi connectivity index (χ1n) is 6.81. The zero-order chi connectivity index (χ0) is 13.9. The van der Waals surface area contributed by atoms with E-state index in [1.807, 2.05) is 54.4 Å². The lowest BCUT2D eigenvalue weighted by Gasteiger charge is -2.11. The molecule has 0 aromatic heterocycles. The molecule has 3 rings (SSSR count). The molecule has 1 aliphatic rings. The fourth-order valence-corrected chi connectivity index (χ4v) is 2.53. The number of hydrogen-bond donors (Lipinski definition) is 1. The Balaban J connectivity index is 1.84. The summed E-state index contributed by atoms with van der Waals surface area (Å²) in [6, 6.07) is 13.6. The van der Waals surface area contributed by atoms with Crippen LogP contribution in [0.15, 0.2) is 47.5 Å². The number of benzene rings is 2. The number of amides is 2. The lowest BCUT2D eigenvalue weighted by atomic mass is 10.1. The first kappa shape index (κ1) is 12.7. The van der Waals surface area contributed by atoms with Crippen LogP contribution >= 0.6 is 0 Å². The van der Waals surface area contributed by atoms with Gasteiger partial charge in [0.1, 0.15) is 5.84 Å². The fraction of sp³-hybridized carbons (Fsp3) is 0.250. The van der Waals surface area contributed by atoms with E-state index in [1.165, 1.54) is 0 Å². The Bertz CT molecular complexity index is 673. The summed E-state index contributed by atoms with van der Waals surface area (Å²) in [6.07, 6.45) is 1.94. The predicted octanol–water partition coefficient (Wildman–Crippen LogP) is 3.50. The molecular formula is C16H17N3O. The van der Waals surface area contributed by atoms with Crippen molar-refractivity contribution in [2.24, 2.45) is 4.99 Å². The third-order valence-electron chi connectivity index (χ3n) is 3.60. The SMILES string of the molecule is CN1CCC/C1=N/C(=O)Nc1cccc2ccccc12. The maximum absolute atomic E-state index is 12.0. The first-order chi connectivity index (χ1) is 9.74. The molecule has 0 atom stereocenters. The Morgan fingerprint density at radius 2 is 2.00 bits per heavy atom. The molecule has 0 unspecified atom stereocenters. The maximum atomic E-state index is 12.0. The molecule has 1 fully saturated rings. The Morgan fingerprint density at radius 1 is 1.20 bits per heavy atom. The molecular weight excluding hydrogens is 250 g/mol. The third-order valence-corrected chi connectivity index (χ3v) is 3.60. The molecule has 0 radical (unpaired) electrons. The molecule has 20 heavy (non-hydrogen) atoms. The van der Waals surface area contributed by atoms with Crippen molar-refractivity contribution in [3.8, 4) is 0 Å². The fourth-order valence-electron chi connectivity index (χ4n) is 2.53. The zero-order valence-corrected chi connectivity index (χ0v) is 11.5. The van der Waals surface area contributed by atoms with Gasteiger partial charge in [-0.3, -0.25) is 0 Å². The van der Waals surface area contributed by atoms with E-state index in [2.05, 4.69) is 10.3 Å². The average Bonchev–Trinajstić information content (AvgIpc) is 2.85. The second kappa shape index (κ2) is 5.33. The van der Waals surface area contributed by atoms with Crippen LogP contribution in [0, 0.1) is 0 Å². The van der Waals surface area contributed by atoms with E-state index < -0.39 is 0 Å². The number of aliphatic imine (C=N–C) groups is 1.